The van der Waals surface area contributed by atoms with Gasteiger partial charge in [-0.25, -0.2) is 0 Å². The van der Waals surface area contributed by atoms with Crippen LogP contribution in [0.3, 0.4) is 0 Å². The molecule has 0 bridgehead atoms. The SMILES string of the molecule is COc1cc(C)c(CC(C#N)C(C)C)cc1C(C)C. The average Bonchev–Trinajstić information content (AvgIpc) is 2.35. The predicted molar refractivity (Wildman–Crippen MR) is 79.5 cm³/mol. The molecule has 0 aliphatic heterocycles. The van der Waals surface area contributed by atoms with Crippen molar-refractivity contribution in [1.82, 2.24) is 0 Å². The van der Waals surface area contributed by atoms with E-state index in [1.807, 2.05) is 0 Å². The van der Waals surface area contributed by atoms with E-state index in [-0.39, 0.29) is 5.92 Å². The first-order valence-corrected chi connectivity index (χ1v) is 6.97. The second-order valence-electron chi connectivity index (χ2n) is 5.86. The lowest BCUT2D eigenvalue weighted by Crippen LogP contribution is -2.11. The average molecular weight is 259 g/mol. The van der Waals surface area contributed by atoms with Crippen LogP contribution in [0.2, 0.25) is 0 Å². The summed E-state index contributed by atoms with van der Waals surface area (Å²) >= 11 is 0. The van der Waals surface area contributed by atoms with Crippen molar-refractivity contribution in [2.45, 2.75) is 47.0 Å². The number of nitrogens with zero attached hydrogens (tertiary/aromatic N) is 1. The van der Waals surface area contributed by atoms with Crippen molar-refractivity contribution in [2.75, 3.05) is 7.11 Å². The first-order chi connectivity index (χ1) is 8.90. The van der Waals surface area contributed by atoms with Crippen LogP contribution in [0.15, 0.2) is 12.1 Å². The van der Waals surface area contributed by atoms with Crippen LogP contribution in [0.4, 0.5) is 0 Å². The highest BCUT2D eigenvalue weighted by Gasteiger charge is 2.17. The maximum absolute atomic E-state index is 9.25. The summed E-state index contributed by atoms with van der Waals surface area (Å²) in [5.41, 5.74) is 3.70. The molecule has 0 aliphatic rings. The van der Waals surface area contributed by atoms with Crippen LogP contribution >= 0.6 is 0 Å². The maximum atomic E-state index is 9.25. The number of hydrogen-bond donors (Lipinski definition) is 0. The molecule has 2 heteroatoms. The van der Waals surface area contributed by atoms with Crippen LogP contribution in [0.1, 0.15) is 50.3 Å². The largest absolute Gasteiger partial charge is 0.496 e. The Hall–Kier alpha value is -1.49. The summed E-state index contributed by atoms with van der Waals surface area (Å²) in [7, 11) is 1.71. The normalized spacial score (nSPS) is 12.6. The van der Waals surface area contributed by atoms with Gasteiger partial charge in [0.2, 0.25) is 0 Å². The molecule has 1 aromatic rings. The van der Waals surface area contributed by atoms with Gasteiger partial charge in [-0.05, 0) is 47.9 Å². The first kappa shape index (κ1) is 15.6. The molecule has 0 N–H and O–H groups in total. The van der Waals surface area contributed by atoms with Gasteiger partial charge in [0.25, 0.3) is 0 Å². The molecule has 0 spiro atoms. The van der Waals surface area contributed by atoms with E-state index in [1.54, 1.807) is 7.11 Å². The van der Waals surface area contributed by atoms with Crippen molar-refractivity contribution >= 4 is 0 Å². The Balaban J connectivity index is 3.15. The molecule has 0 heterocycles. The van der Waals surface area contributed by atoms with Crippen LogP contribution in [0.25, 0.3) is 0 Å². The molecule has 0 aromatic heterocycles. The number of methoxy groups -OCH3 is 1. The van der Waals surface area contributed by atoms with Crippen LogP contribution in [0, 0.1) is 30.1 Å². The highest BCUT2D eigenvalue weighted by molar-refractivity contribution is 5.44. The summed E-state index contributed by atoms with van der Waals surface area (Å²) in [6.45, 7) is 10.6. The lowest BCUT2D eigenvalue weighted by Gasteiger charge is -2.19. The van der Waals surface area contributed by atoms with Gasteiger partial charge in [0.05, 0.1) is 19.1 Å². The van der Waals surface area contributed by atoms with E-state index in [0.29, 0.717) is 11.8 Å². The van der Waals surface area contributed by atoms with E-state index in [2.05, 4.69) is 52.8 Å². The minimum absolute atomic E-state index is 0.0760. The summed E-state index contributed by atoms with van der Waals surface area (Å²) < 4.78 is 5.46. The summed E-state index contributed by atoms with van der Waals surface area (Å²) in [5, 5.41) is 9.25. The number of hydrogen-bond acceptors (Lipinski definition) is 2. The zero-order valence-electron chi connectivity index (χ0n) is 12.9. The molecule has 0 saturated heterocycles. The Morgan fingerprint density at radius 2 is 1.84 bits per heavy atom. The minimum Gasteiger partial charge on any atom is -0.496 e. The van der Waals surface area contributed by atoms with E-state index >= 15 is 0 Å². The quantitative estimate of drug-likeness (QED) is 0.781. The lowest BCUT2D eigenvalue weighted by atomic mass is 9.87. The molecule has 0 fully saturated rings. The Morgan fingerprint density at radius 3 is 2.26 bits per heavy atom. The lowest BCUT2D eigenvalue weighted by molar-refractivity contribution is 0.406. The Labute approximate surface area is 117 Å². The van der Waals surface area contributed by atoms with Crippen LogP contribution < -0.4 is 4.74 Å². The minimum atomic E-state index is 0.0760. The molecule has 104 valence electrons. The van der Waals surface area contributed by atoms with Crippen LogP contribution in [0.5, 0.6) is 5.75 Å². The Morgan fingerprint density at radius 1 is 1.21 bits per heavy atom. The van der Waals surface area contributed by atoms with Gasteiger partial charge in [-0.3, -0.25) is 0 Å². The van der Waals surface area contributed by atoms with Crippen LogP contribution in [-0.2, 0) is 6.42 Å². The molecule has 0 aliphatic carbocycles. The zero-order valence-corrected chi connectivity index (χ0v) is 12.9. The second kappa shape index (κ2) is 6.61. The van der Waals surface area contributed by atoms with E-state index in [9.17, 15) is 5.26 Å². The highest BCUT2D eigenvalue weighted by atomic mass is 16.5. The summed E-state index contributed by atoms with van der Waals surface area (Å²) in [6.07, 6.45) is 0.823. The molecule has 0 amide bonds. The summed E-state index contributed by atoms with van der Waals surface area (Å²) in [4.78, 5) is 0. The number of rotatable bonds is 5. The molecule has 1 unspecified atom stereocenters. The van der Waals surface area contributed by atoms with Gasteiger partial charge < -0.3 is 4.74 Å². The third-order valence-electron chi connectivity index (χ3n) is 3.72. The predicted octanol–water partition coefficient (Wildman–Crippen LogP) is 4.47. The zero-order chi connectivity index (χ0) is 14.6. The molecule has 19 heavy (non-hydrogen) atoms. The monoisotopic (exact) mass is 259 g/mol. The standard InChI is InChI=1S/C17H25NO/c1-11(2)15(10-18)8-14-9-16(12(3)4)17(19-6)7-13(14)5/h7,9,11-12,15H,8H2,1-6H3. The van der Waals surface area contributed by atoms with Crippen molar-refractivity contribution in [3.63, 3.8) is 0 Å². The fourth-order valence-corrected chi connectivity index (χ4v) is 2.26. The van der Waals surface area contributed by atoms with E-state index < -0.39 is 0 Å². The third kappa shape index (κ3) is 3.73. The van der Waals surface area contributed by atoms with Gasteiger partial charge in [-0.2, -0.15) is 5.26 Å². The number of aryl methyl sites for hydroxylation is 1. The third-order valence-corrected chi connectivity index (χ3v) is 3.72. The van der Waals surface area contributed by atoms with Gasteiger partial charge in [0.1, 0.15) is 5.75 Å². The topological polar surface area (TPSA) is 33.0 Å². The molecule has 1 aromatic carbocycles. The fourth-order valence-electron chi connectivity index (χ4n) is 2.26. The van der Waals surface area contributed by atoms with Crippen molar-refractivity contribution in [1.29, 1.82) is 5.26 Å². The number of benzene rings is 1. The smallest absolute Gasteiger partial charge is 0.122 e. The summed E-state index contributed by atoms with van der Waals surface area (Å²) in [6, 6.07) is 6.73. The van der Waals surface area contributed by atoms with Gasteiger partial charge >= 0.3 is 0 Å². The van der Waals surface area contributed by atoms with E-state index in [1.165, 1.54) is 16.7 Å². The van der Waals surface area contributed by atoms with Crippen molar-refractivity contribution < 1.29 is 4.74 Å². The summed E-state index contributed by atoms with van der Waals surface area (Å²) in [5.74, 6) is 1.84. The Kier molecular flexibility index (Phi) is 5.42. The molecular formula is C17H25NO. The van der Waals surface area contributed by atoms with Crippen molar-refractivity contribution in [2.24, 2.45) is 11.8 Å². The molecule has 1 rings (SSSR count). The molecule has 1 atom stereocenters. The maximum Gasteiger partial charge on any atom is 0.122 e. The van der Waals surface area contributed by atoms with Gasteiger partial charge in [-0.1, -0.05) is 33.8 Å². The Bertz CT molecular complexity index is 469. The van der Waals surface area contributed by atoms with Gasteiger partial charge in [0.15, 0.2) is 0 Å². The molecule has 0 radical (unpaired) electrons. The first-order valence-electron chi connectivity index (χ1n) is 6.97. The van der Waals surface area contributed by atoms with Crippen molar-refractivity contribution in [3.8, 4) is 11.8 Å². The van der Waals surface area contributed by atoms with E-state index in [4.69, 9.17) is 4.74 Å². The van der Waals surface area contributed by atoms with Crippen molar-refractivity contribution in [3.05, 3.63) is 28.8 Å². The van der Waals surface area contributed by atoms with Gasteiger partial charge in [-0.15, -0.1) is 0 Å². The molecule has 2 nitrogen and oxygen atoms in total. The fraction of sp³-hybridized carbons (Fsp3) is 0.588. The number of nitriles is 1. The molecular weight excluding hydrogens is 234 g/mol. The van der Waals surface area contributed by atoms with E-state index in [0.717, 1.165) is 12.2 Å². The van der Waals surface area contributed by atoms with Gasteiger partial charge in [0, 0.05) is 0 Å². The van der Waals surface area contributed by atoms with Crippen LogP contribution in [-0.4, -0.2) is 7.11 Å². The second-order valence-corrected chi connectivity index (χ2v) is 5.86. The number of ether oxygens (including phenoxy) is 1. The highest BCUT2D eigenvalue weighted by Crippen LogP contribution is 2.31. The molecule has 0 saturated carbocycles.